The van der Waals surface area contributed by atoms with E-state index in [0.717, 1.165) is 50.5 Å². The minimum atomic E-state index is -1.99. The average Bonchev–Trinajstić information content (AvgIpc) is 3.10. The van der Waals surface area contributed by atoms with Gasteiger partial charge < -0.3 is 14.0 Å². The van der Waals surface area contributed by atoms with Crippen LogP contribution in [0.4, 0.5) is 0 Å². The molecule has 3 aliphatic rings. The largest absolute Gasteiger partial charge is 0.481 e. The number of carboxylic acids is 1. The summed E-state index contributed by atoms with van der Waals surface area (Å²) < 4.78 is 14.0. The predicted molar refractivity (Wildman–Crippen MR) is 164 cm³/mol. The Hall–Kier alpha value is -0.956. The van der Waals surface area contributed by atoms with Crippen LogP contribution in [0, 0.1) is 17.3 Å². The van der Waals surface area contributed by atoms with Crippen LogP contribution in [0.15, 0.2) is 35.5 Å². The summed E-state index contributed by atoms with van der Waals surface area (Å²) in [6.07, 6.45) is 11.4. The number of carboxylic acid groups (broad SMARTS) is 1. The molecule has 0 unspecified atom stereocenters. The molecule has 0 heterocycles. The summed E-state index contributed by atoms with van der Waals surface area (Å²) in [5, 5.41) is 10.1. The fourth-order valence-corrected chi connectivity index (χ4v) is 9.08. The molecule has 5 atom stereocenters. The highest BCUT2D eigenvalue weighted by Crippen LogP contribution is 2.57. The van der Waals surface area contributed by atoms with Crippen LogP contribution in [0.2, 0.25) is 36.3 Å². The Morgan fingerprint density at radius 3 is 2.13 bits per heavy atom. The van der Waals surface area contributed by atoms with Gasteiger partial charge >= 0.3 is 5.97 Å². The molecule has 0 bridgehead atoms. The van der Waals surface area contributed by atoms with Crippen LogP contribution in [-0.4, -0.2) is 39.9 Å². The van der Waals surface area contributed by atoms with E-state index in [1.165, 1.54) is 11.1 Å². The van der Waals surface area contributed by atoms with Crippen molar-refractivity contribution >= 4 is 22.6 Å². The van der Waals surface area contributed by atoms with Crippen LogP contribution in [0.25, 0.3) is 0 Å². The van der Waals surface area contributed by atoms with E-state index in [-0.39, 0.29) is 33.6 Å². The second-order valence-corrected chi connectivity index (χ2v) is 25.2. The molecule has 3 rings (SSSR count). The molecule has 0 amide bonds. The van der Waals surface area contributed by atoms with E-state index in [4.69, 9.17) is 8.85 Å². The zero-order valence-corrected chi connectivity index (χ0v) is 28.3. The maximum atomic E-state index is 12.0. The number of fused-ring (bicyclic) bond motifs is 1. The number of allylic oxidation sites excluding steroid dienone is 3. The summed E-state index contributed by atoms with van der Waals surface area (Å²) in [6.45, 7) is 29.9. The Kier molecular flexibility index (Phi) is 8.97. The van der Waals surface area contributed by atoms with E-state index in [1.807, 2.05) is 0 Å². The molecule has 0 aromatic rings. The molecular weight excluding hydrogens is 505 g/mol. The van der Waals surface area contributed by atoms with Crippen molar-refractivity contribution in [1.29, 1.82) is 0 Å². The van der Waals surface area contributed by atoms with Gasteiger partial charge in [-0.25, -0.2) is 0 Å². The lowest BCUT2D eigenvalue weighted by atomic mass is 9.63. The van der Waals surface area contributed by atoms with Gasteiger partial charge in [0.25, 0.3) is 0 Å². The number of carbonyl (C=O) groups is 1. The minimum Gasteiger partial charge on any atom is -0.481 e. The van der Waals surface area contributed by atoms with E-state index in [2.05, 4.69) is 93.4 Å². The monoisotopic (exact) mass is 560 g/mol. The molecule has 0 radical (unpaired) electrons. The quantitative estimate of drug-likeness (QED) is 0.329. The molecule has 1 N–H and O–H groups in total. The van der Waals surface area contributed by atoms with Gasteiger partial charge in [0.05, 0.1) is 18.1 Å². The van der Waals surface area contributed by atoms with Crippen LogP contribution in [0.1, 0.15) is 93.4 Å². The highest BCUT2D eigenvalue weighted by molar-refractivity contribution is 6.74. The van der Waals surface area contributed by atoms with Crippen molar-refractivity contribution in [1.82, 2.24) is 0 Å². The van der Waals surface area contributed by atoms with E-state index < -0.39 is 22.6 Å². The van der Waals surface area contributed by atoms with Crippen LogP contribution >= 0.6 is 0 Å². The lowest BCUT2D eigenvalue weighted by Crippen LogP contribution is -2.49. The normalized spacial score (nSPS) is 33.6. The van der Waals surface area contributed by atoms with Crippen molar-refractivity contribution in [2.24, 2.45) is 17.3 Å². The maximum absolute atomic E-state index is 12.0. The first-order valence-electron chi connectivity index (χ1n) is 14.9. The van der Waals surface area contributed by atoms with Crippen LogP contribution in [-0.2, 0) is 13.6 Å². The molecule has 0 spiro atoms. The number of aliphatic carboxylic acids is 1. The Labute approximate surface area is 235 Å². The first-order valence-corrected chi connectivity index (χ1v) is 20.7. The predicted octanol–water partition coefficient (Wildman–Crippen LogP) is 9.27. The van der Waals surface area contributed by atoms with Gasteiger partial charge in [-0.2, -0.15) is 0 Å². The van der Waals surface area contributed by atoms with Gasteiger partial charge in [-0.05, 0) is 97.3 Å². The fraction of sp³-hybridized carbons (Fsp3) is 0.781. The van der Waals surface area contributed by atoms with Gasteiger partial charge in [0, 0.05) is 6.42 Å². The van der Waals surface area contributed by atoms with Crippen molar-refractivity contribution in [2.75, 3.05) is 0 Å². The van der Waals surface area contributed by atoms with E-state index in [0.29, 0.717) is 5.92 Å². The third-order valence-electron chi connectivity index (χ3n) is 11.0. The fourth-order valence-electron chi connectivity index (χ4n) is 6.41. The zero-order chi connectivity index (χ0) is 28.9. The SMILES string of the molecule is C=C1C(=CC=C2CCC[C@]3(C)[C@@H](C(=O)O)CC[C@@H]23)C[C@@H](O[Si](C)(C)C(C)(C)C)C[C@@H]1O[Si](C)(C)C(C)(C)C. The third-order valence-corrected chi connectivity index (χ3v) is 20.0. The van der Waals surface area contributed by atoms with Gasteiger partial charge in [-0.1, -0.05) is 72.8 Å². The number of hydrogen-bond acceptors (Lipinski definition) is 3. The van der Waals surface area contributed by atoms with E-state index >= 15 is 0 Å². The average molecular weight is 561 g/mol. The molecule has 4 nitrogen and oxygen atoms in total. The molecule has 38 heavy (non-hydrogen) atoms. The summed E-state index contributed by atoms with van der Waals surface area (Å²) in [5.41, 5.74) is 3.66. The summed E-state index contributed by atoms with van der Waals surface area (Å²) >= 11 is 0. The summed E-state index contributed by atoms with van der Waals surface area (Å²) in [6, 6.07) is 0. The van der Waals surface area contributed by atoms with Gasteiger partial charge in [0.2, 0.25) is 0 Å². The number of rotatable bonds is 6. The minimum absolute atomic E-state index is 0.0245. The maximum Gasteiger partial charge on any atom is 0.307 e. The van der Waals surface area contributed by atoms with Gasteiger partial charge in [0.1, 0.15) is 0 Å². The van der Waals surface area contributed by atoms with Crippen molar-refractivity contribution in [2.45, 2.75) is 142 Å². The van der Waals surface area contributed by atoms with Gasteiger partial charge in [-0.3, -0.25) is 4.79 Å². The second-order valence-electron chi connectivity index (χ2n) is 15.6. The van der Waals surface area contributed by atoms with Gasteiger partial charge in [0.15, 0.2) is 16.6 Å². The molecule has 3 fully saturated rings. The van der Waals surface area contributed by atoms with Crippen LogP contribution < -0.4 is 0 Å². The van der Waals surface area contributed by atoms with Crippen molar-refractivity contribution in [3.8, 4) is 0 Å². The van der Waals surface area contributed by atoms with Crippen molar-refractivity contribution in [3.05, 3.63) is 35.5 Å². The number of hydrogen-bond donors (Lipinski definition) is 1. The second kappa shape index (κ2) is 10.8. The van der Waals surface area contributed by atoms with Crippen molar-refractivity contribution in [3.63, 3.8) is 0 Å². The zero-order valence-electron chi connectivity index (χ0n) is 26.3. The topological polar surface area (TPSA) is 55.8 Å². The third kappa shape index (κ3) is 6.34. The molecule has 3 saturated carbocycles. The Bertz CT molecular complexity index is 978. The summed E-state index contributed by atoms with van der Waals surface area (Å²) in [4.78, 5) is 12.0. The molecule has 0 saturated heterocycles. The first kappa shape index (κ1) is 31.6. The summed E-state index contributed by atoms with van der Waals surface area (Å²) in [7, 11) is -3.94. The van der Waals surface area contributed by atoms with E-state index in [9.17, 15) is 9.90 Å². The lowest BCUT2D eigenvalue weighted by molar-refractivity contribution is -0.146. The highest BCUT2D eigenvalue weighted by atomic mass is 28.4. The Morgan fingerprint density at radius 2 is 1.58 bits per heavy atom. The molecule has 0 aliphatic heterocycles. The first-order chi connectivity index (χ1) is 17.2. The van der Waals surface area contributed by atoms with Gasteiger partial charge in [-0.15, -0.1) is 0 Å². The molecule has 0 aromatic carbocycles. The summed E-state index contributed by atoms with van der Waals surface area (Å²) in [5.74, 6) is -0.477. The highest BCUT2D eigenvalue weighted by Gasteiger charge is 2.52. The molecule has 216 valence electrons. The molecule has 6 heteroatoms. The standard InChI is InChI=1S/C32H56O4Si2/c1-22-24(16-15-23-14-13-19-32(8)26(23)17-18-27(32)29(33)34)20-25(35-37(9,10)30(2,3)4)21-28(22)36-38(11,12)31(5,6)7/h15-16,25-28H,1,13-14,17-21H2,2-12H3,(H,33,34)/t25-,26+,27-,28+,32+/m1/s1. The smallest absolute Gasteiger partial charge is 0.307 e. The van der Waals surface area contributed by atoms with Crippen molar-refractivity contribution < 1.29 is 18.8 Å². The lowest BCUT2D eigenvalue weighted by Gasteiger charge is -2.45. The molecular formula is C32H56O4Si2. The Balaban J connectivity index is 1.93. The van der Waals surface area contributed by atoms with Crippen LogP contribution in [0.3, 0.4) is 0 Å². The van der Waals surface area contributed by atoms with Crippen LogP contribution in [0.5, 0.6) is 0 Å². The Morgan fingerprint density at radius 1 is 1.00 bits per heavy atom. The molecule has 0 aromatic heterocycles. The molecule has 3 aliphatic carbocycles. The van der Waals surface area contributed by atoms with E-state index in [1.54, 1.807) is 0 Å².